The van der Waals surface area contributed by atoms with E-state index in [1.54, 1.807) is 0 Å². The van der Waals surface area contributed by atoms with E-state index in [4.69, 9.17) is 4.43 Å². The molecule has 0 aromatic heterocycles. The van der Waals surface area contributed by atoms with Crippen molar-refractivity contribution in [1.29, 1.82) is 0 Å². The van der Waals surface area contributed by atoms with Gasteiger partial charge in [-0.25, -0.2) is 0 Å². The van der Waals surface area contributed by atoms with Crippen LogP contribution in [0.4, 0.5) is 0 Å². The first kappa shape index (κ1) is 16.7. The van der Waals surface area contributed by atoms with Crippen LogP contribution >= 0.6 is 0 Å². The van der Waals surface area contributed by atoms with Crippen molar-refractivity contribution in [1.82, 2.24) is 0 Å². The predicted molar refractivity (Wildman–Crippen MR) is 88.0 cm³/mol. The monoisotopic (exact) mass is 280 g/mol. The zero-order valence-electron chi connectivity index (χ0n) is 13.6. The number of rotatable bonds is 5. The van der Waals surface area contributed by atoms with Crippen LogP contribution in [0.3, 0.4) is 0 Å². The largest absolute Gasteiger partial charge is 0.408 e. The van der Waals surface area contributed by atoms with Crippen LogP contribution in [0, 0.1) is 5.92 Å². The molecule has 0 spiro atoms. The first-order valence-electron chi connectivity index (χ1n) is 7.63. The van der Waals surface area contributed by atoms with Crippen molar-refractivity contribution in [3.63, 3.8) is 0 Å². The first-order chi connectivity index (χ1) is 8.68. The van der Waals surface area contributed by atoms with Crippen LogP contribution in [0.15, 0.2) is 25.3 Å². The molecule has 1 aliphatic rings. The second-order valence-electron chi connectivity index (χ2n) is 7.49. The molecule has 0 saturated heterocycles. The van der Waals surface area contributed by atoms with Gasteiger partial charge in [0.15, 0.2) is 8.32 Å². The van der Waals surface area contributed by atoms with Crippen molar-refractivity contribution in [2.45, 2.75) is 76.6 Å². The maximum Gasteiger partial charge on any atom is 0.193 e. The molecule has 0 aromatic carbocycles. The van der Waals surface area contributed by atoms with Crippen LogP contribution in [-0.2, 0) is 4.43 Å². The molecule has 1 aliphatic carbocycles. The maximum absolute atomic E-state index is 6.82. The topological polar surface area (TPSA) is 9.23 Å². The molecule has 1 nitrogen and oxygen atoms in total. The van der Waals surface area contributed by atoms with E-state index in [2.05, 4.69) is 53.1 Å². The summed E-state index contributed by atoms with van der Waals surface area (Å²) in [5.74, 6) is 0.561. The van der Waals surface area contributed by atoms with Crippen LogP contribution < -0.4 is 0 Å². The minimum Gasteiger partial charge on any atom is -0.408 e. The fourth-order valence-electron chi connectivity index (χ4n) is 2.83. The Morgan fingerprint density at radius 1 is 1.26 bits per heavy atom. The van der Waals surface area contributed by atoms with Gasteiger partial charge in [0.05, 0.1) is 5.60 Å². The summed E-state index contributed by atoms with van der Waals surface area (Å²) in [6.07, 6.45) is 10.1. The molecule has 2 atom stereocenters. The van der Waals surface area contributed by atoms with Crippen molar-refractivity contribution < 1.29 is 4.43 Å². The SMILES string of the molecule is C=CC[C@H]1CCCC[C@@]1(C=C)O[Si](C)(C)C(C)(C)C. The van der Waals surface area contributed by atoms with E-state index in [9.17, 15) is 0 Å². The molecule has 0 amide bonds. The zero-order chi connectivity index (χ0) is 14.7. The Hall–Kier alpha value is -0.343. The van der Waals surface area contributed by atoms with Gasteiger partial charge in [0.1, 0.15) is 0 Å². The smallest absolute Gasteiger partial charge is 0.193 e. The molecule has 0 radical (unpaired) electrons. The standard InChI is InChI=1S/C17H32OSi/c1-8-12-15-13-10-11-14-17(15,9-2)18-19(6,7)16(3,4)5/h8-9,15H,1-2,10-14H2,3-7H3/t15-,17+/m0/s1. The maximum atomic E-state index is 6.82. The second kappa shape index (κ2) is 5.97. The highest BCUT2D eigenvalue weighted by molar-refractivity contribution is 6.74. The molecule has 1 saturated carbocycles. The molecule has 0 N–H and O–H groups in total. The Morgan fingerprint density at radius 3 is 2.37 bits per heavy atom. The molecule has 19 heavy (non-hydrogen) atoms. The van der Waals surface area contributed by atoms with E-state index in [-0.39, 0.29) is 10.6 Å². The van der Waals surface area contributed by atoms with Crippen LogP contribution in [0.1, 0.15) is 52.9 Å². The highest BCUT2D eigenvalue weighted by Gasteiger charge is 2.47. The van der Waals surface area contributed by atoms with Crippen LogP contribution in [-0.4, -0.2) is 13.9 Å². The van der Waals surface area contributed by atoms with Gasteiger partial charge in [-0.05, 0) is 43.3 Å². The molecule has 0 aromatic rings. The summed E-state index contributed by atoms with van der Waals surface area (Å²) in [6.45, 7) is 19.7. The fourth-order valence-corrected chi connectivity index (χ4v) is 4.44. The minimum absolute atomic E-state index is 0.116. The van der Waals surface area contributed by atoms with Crippen molar-refractivity contribution in [2.75, 3.05) is 0 Å². The Bertz CT molecular complexity index is 327. The molecule has 0 heterocycles. The Balaban J connectivity index is 3.01. The van der Waals surface area contributed by atoms with Gasteiger partial charge in [0, 0.05) is 0 Å². The molecule has 1 rings (SSSR count). The van der Waals surface area contributed by atoms with E-state index < -0.39 is 8.32 Å². The van der Waals surface area contributed by atoms with Gasteiger partial charge in [-0.3, -0.25) is 0 Å². The third-order valence-corrected chi connectivity index (χ3v) is 9.61. The Morgan fingerprint density at radius 2 is 1.89 bits per heavy atom. The summed E-state index contributed by atoms with van der Waals surface area (Å²) < 4.78 is 6.82. The van der Waals surface area contributed by atoms with Gasteiger partial charge < -0.3 is 4.43 Å². The van der Waals surface area contributed by atoms with E-state index in [1.807, 2.05) is 6.08 Å². The second-order valence-corrected chi connectivity index (χ2v) is 12.2. The lowest BCUT2D eigenvalue weighted by Gasteiger charge is -2.49. The normalized spacial score (nSPS) is 29.0. The predicted octanol–water partition coefficient (Wildman–Crippen LogP) is 5.70. The van der Waals surface area contributed by atoms with Gasteiger partial charge >= 0.3 is 0 Å². The average molecular weight is 281 g/mol. The zero-order valence-corrected chi connectivity index (χ0v) is 14.6. The average Bonchev–Trinajstić information content (AvgIpc) is 2.30. The van der Waals surface area contributed by atoms with E-state index in [1.165, 1.54) is 19.3 Å². The van der Waals surface area contributed by atoms with Gasteiger partial charge in [-0.1, -0.05) is 45.8 Å². The summed E-state index contributed by atoms with van der Waals surface area (Å²) in [5, 5.41) is 0.249. The Kier molecular flexibility index (Phi) is 5.25. The van der Waals surface area contributed by atoms with E-state index in [0.717, 1.165) is 12.8 Å². The van der Waals surface area contributed by atoms with Crippen molar-refractivity contribution >= 4 is 8.32 Å². The van der Waals surface area contributed by atoms with E-state index >= 15 is 0 Å². The number of hydrogen-bond donors (Lipinski definition) is 0. The first-order valence-corrected chi connectivity index (χ1v) is 10.5. The summed E-state index contributed by atoms with van der Waals surface area (Å²) in [6, 6.07) is 0. The minimum atomic E-state index is -1.76. The molecule has 2 heteroatoms. The lowest BCUT2D eigenvalue weighted by Crippen LogP contribution is -2.53. The van der Waals surface area contributed by atoms with Gasteiger partial charge in [-0.2, -0.15) is 0 Å². The van der Waals surface area contributed by atoms with Gasteiger partial charge in [0.2, 0.25) is 0 Å². The van der Waals surface area contributed by atoms with Gasteiger partial charge in [-0.15, -0.1) is 13.2 Å². The molecular formula is C17H32OSi. The molecule has 0 aliphatic heterocycles. The Labute approximate surface area is 121 Å². The molecule has 1 fully saturated rings. The molecule has 110 valence electrons. The molecular weight excluding hydrogens is 248 g/mol. The fraction of sp³-hybridized carbons (Fsp3) is 0.765. The lowest BCUT2D eigenvalue weighted by molar-refractivity contribution is 0.00849. The summed E-state index contributed by atoms with van der Waals surface area (Å²) in [5.41, 5.74) is -0.116. The molecule has 0 unspecified atom stereocenters. The summed E-state index contributed by atoms with van der Waals surface area (Å²) >= 11 is 0. The van der Waals surface area contributed by atoms with Crippen molar-refractivity contribution in [3.05, 3.63) is 25.3 Å². The van der Waals surface area contributed by atoms with Crippen molar-refractivity contribution in [3.8, 4) is 0 Å². The summed E-state index contributed by atoms with van der Waals surface area (Å²) in [4.78, 5) is 0. The number of allylic oxidation sites excluding steroid dienone is 1. The van der Waals surface area contributed by atoms with Crippen LogP contribution in [0.2, 0.25) is 18.1 Å². The third kappa shape index (κ3) is 3.60. The van der Waals surface area contributed by atoms with Gasteiger partial charge in [0.25, 0.3) is 0 Å². The van der Waals surface area contributed by atoms with Crippen molar-refractivity contribution in [2.24, 2.45) is 5.92 Å². The highest BCUT2D eigenvalue weighted by atomic mass is 28.4. The lowest BCUT2D eigenvalue weighted by atomic mass is 9.74. The summed E-state index contributed by atoms with van der Waals surface area (Å²) in [7, 11) is -1.76. The quantitative estimate of drug-likeness (QED) is 0.463. The molecule has 0 bridgehead atoms. The highest BCUT2D eigenvalue weighted by Crippen LogP contribution is 2.46. The third-order valence-electron chi connectivity index (χ3n) is 5.11. The number of hydrogen-bond acceptors (Lipinski definition) is 1. The van der Waals surface area contributed by atoms with Crippen LogP contribution in [0.25, 0.3) is 0 Å². The van der Waals surface area contributed by atoms with E-state index in [0.29, 0.717) is 5.92 Å². The van der Waals surface area contributed by atoms with Crippen LogP contribution in [0.5, 0.6) is 0 Å².